The Morgan fingerprint density at radius 1 is 1.44 bits per heavy atom. The van der Waals surface area contributed by atoms with E-state index in [-0.39, 0.29) is 5.97 Å². The van der Waals surface area contributed by atoms with Gasteiger partial charge in [0.25, 0.3) is 0 Å². The van der Waals surface area contributed by atoms with E-state index in [0.29, 0.717) is 17.8 Å². The van der Waals surface area contributed by atoms with Gasteiger partial charge in [-0.05, 0) is 31.9 Å². The number of thioether (sulfide) groups is 1. The molecule has 2 atom stereocenters. The molecule has 0 spiro atoms. The summed E-state index contributed by atoms with van der Waals surface area (Å²) in [6, 6.07) is 7.54. The number of hydrogen-bond donors (Lipinski definition) is 0. The lowest BCUT2D eigenvalue weighted by molar-refractivity contribution is 0.0596. The van der Waals surface area contributed by atoms with Gasteiger partial charge in [-0.1, -0.05) is 12.1 Å². The monoisotopic (exact) mass is 266 g/mol. The molecule has 1 heterocycles. The van der Waals surface area contributed by atoms with Crippen molar-refractivity contribution in [3.8, 4) is 0 Å². The normalized spacial score (nSPS) is 23.0. The Morgan fingerprint density at radius 2 is 2.22 bits per heavy atom. The van der Waals surface area contributed by atoms with Gasteiger partial charge in [0.2, 0.25) is 0 Å². The maximum absolute atomic E-state index is 11.6. The number of carbonyl (C=O) groups excluding carboxylic acids is 1. The fourth-order valence-corrected chi connectivity index (χ4v) is 3.15. The average Bonchev–Trinajstić information content (AvgIpc) is 2.81. The first-order chi connectivity index (χ1) is 8.70. The molecule has 1 aromatic carbocycles. The fourth-order valence-electron chi connectivity index (χ4n) is 2.06. The highest BCUT2D eigenvalue weighted by molar-refractivity contribution is 7.99. The van der Waals surface area contributed by atoms with E-state index in [1.165, 1.54) is 7.11 Å². The predicted octanol–water partition coefficient (Wildman–Crippen LogP) is 3.13. The first-order valence-electron chi connectivity index (χ1n) is 6.16. The lowest BCUT2D eigenvalue weighted by Crippen LogP contribution is -2.11. The van der Waals surface area contributed by atoms with Gasteiger partial charge in [0.15, 0.2) is 0 Å². The minimum absolute atomic E-state index is 0.279. The second-order valence-corrected chi connectivity index (χ2v) is 5.51. The Bertz CT molecular complexity index is 419. The van der Waals surface area contributed by atoms with Crippen LogP contribution in [0.25, 0.3) is 0 Å². The van der Waals surface area contributed by atoms with Gasteiger partial charge in [-0.3, -0.25) is 0 Å². The van der Waals surface area contributed by atoms with Crippen molar-refractivity contribution < 1.29 is 14.3 Å². The number of carbonyl (C=O) groups is 1. The molecule has 1 aliphatic rings. The van der Waals surface area contributed by atoms with Crippen molar-refractivity contribution in [2.75, 3.05) is 12.9 Å². The van der Waals surface area contributed by atoms with Gasteiger partial charge in [-0.2, -0.15) is 0 Å². The van der Waals surface area contributed by atoms with Crippen LogP contribution in [0.1, 0.15) is 30.1 Å². The number of rotatable bonds is 4. The molecule has 98 valence electrons. The van der Waals surface area contributed by atoms with Crippen molar-refractivity contribution in [3.05, 3.63) is 29.8 Å². The number of benzene rings is 1. The van der Waals surface area contributed by atoms with Crippen molar-refractivity contribution in [3.63, 3.8) is 0 Å². The van der Waals surface area contributed by atoms with Crippen LogP contribution in [0.15, 0.2) is 29.2 Å². The highest BCUT2D eigenvalue weighted by Gasteiger charge is 2.22. The zero-order chi connectivity index (χ0) is 13.0. The van der Waals surface area contributed by atoms with E-state index >= 15 is 0 Å². The quantitative estimate of drug-likeness (QED) is 0.619. The molecule has 0 radical (unpaired) electrons. The molecule has 1 aliphatic heterocycles. The molecule has 2 rings (SSSR count). The molecular formula is C14H18O3S. The van der Waals surface area contributed by atoms with Gasteiger partial charge in [0.1, 0.15) is 0 Å². The van der Waals surface area contributed by atoms with Crippen molar-refractivity contribution in [1.82, 2.24) is 0 Å². The van der Waals surface area contributed by atoms with Crippen molar-refractivity contribution in [2.45, 2.75) is 36.9 Å². The molecule has 0 aliphatic carbocycles. The van der Waals surface area contributed by atoms with E-state index in [1.807, 2.05) is 18.2 Å². The summed E-state index contributed by atoms with van der Waals surface area (Å²) in [4.78, 5) is 12.6. The third-order valence-electron chi connectivity index (χ3n) is 3.04. The van der Waals surface area contributed by atoms with Crippen LogP contribution in [0.4, 0.5) is 0 Å². The third kappa shape index (κ3) is 3.27. The first-order valence-corrected chi connectivity index (χ1v) is 7.15. The standard InChI is InChI=1S/C14H18O3S/c1-10-7-8-11(17-10)9-18-13-6-4-3-5-12(13)14(15)16-2/h3-6,10-11H,7-9H2,1-2H3. The Kier molecular flexibility index (Phi) is 4.66. The number of esters is 1. The van der Waals surface area contributed by atoms with Gasteiger partial charge in [-0.25, -0.2) is 4.79 Å². The van der Waals surface area contributed by atoms with E-state index in [1.54, 1.807) is 17.8 Å². The Hall–Kier alpha value is -1.00. The zero-order valence-corrected chi connectivity index (χ0v) is 11.5. The summed E-state index contributed by atoms with van der Waals surface area (Å²) in [5.74, 6) is 0.608. The van der Waals surface area contributed by atoms with E-state index < -0.39 is 0 Å². The van der Waals surface area contributed by atoms with Gasteiger partial charge < -0.3 is 9.47 Å². The van der Waals surface area contributed by atoms with Crippen molar-refractivity contribution in [1.29, 1.82) is 0 Å². The van der Waals surface area contributed by atoms with E-state index in [9.17, 15) is 4.79 Å². The highest BCUT2D eigenvalue weighted by atomic mass is 32.2. The summed E-state index contributed by atoms with van der Waals surface area (Å²) in [6.45, 7) is 2.10. The number of ether oxygens (including phenoxy) is 2. The molecule has 0 saturated carbocycles. The van der Waals surface area contributed by atoms with Crippen molar-refractivity contribution in [2.24, 2.45) is 0 Å². The lowest BCUT2D eigenvalue weighted by Gasteiger charge is -2.12. The van der Waals surface area contributed by atoms with Gasteiger partial charge in [0.05, 0.1) is 24.9 Å². The minimum atomic E-state index is -0.279. The summed E-state index contributed by atoms with van der Waals surface area (Å²) in [5.41, 5.74) is 0.635. The molecule has 0 aromatic heterocycles. The molecule has 2 unspecified atom stereocenters. The van der Waals surface area contributed by atoms with E-state index in [0.717, 1.165) is 23.5 Å². The molecule has 18 heavy (non-hydrogen) atoms. The molecule has 1 saturated heterocycles. The summed E-state index contributed by atoms with van der Waals surface area (Å²) in [7, 11) is 1.41. The summed E-state index contributed by atoms with van der Waals surface area (Å²) in [5, 5.41) is 0. The largest absolute Gasteiger partial charge is 0.465 e. The van der Waals surface area contributed by atoms with Gasteiger partial charge in [-0.15, -0.1) is 11.8 Å². The van der Waals surface area contributed by atoms with Crippen molar-refractivity contribution >= 4 is 17.7 Å². The second-order valence-electron chi connectivity index (χ2n) is 4.44. The van der Waals surface area contributed by atoms with Crippen LogP contribution < -0.4 is 0 Å². The smallest absolute Gasteiger partial charge is 0.338 e. The molecule has 0 bridgehead atoms. The minimum Gasteiger partial charge on any atom is -0.465 e. The molecule has 1 fully saturated rings. The van der Waals surface area contributed by atoms with Crippen LogP contribution in [0.2, 0.25) is 0 Å². The highest BCUT2D eigenvalue weighted by Crippen LogP contribution is 2.28. The van der Waals surface area contributed by atoms with E-state index in [2.05, 4.69) is 6.92 Å². The molecular weight excluding hydrogens is 248 g/mol. The molecule has 1 aromatic rings. The average molecular weight is 266 g/mol. The maximum Gasteiger partial charge on any atom is 0.338 e. The maximum atomic E-state index is 11.6. The topological polar surface area (TPSA) is 35.5 Å². The molecule has 0 amide bonds. The lowest BCUT2D eigenvalue weighted by atomic mass is 10.2. The van der Waals surface area contributed by atoms with Gasteiger partial charge in [0, 0.05) is 10.6 Å². The second kappa shape index (κ2) is 6.25. The van der Waals surface area contributed by atoms with Crippen LogP contribution in [0.5, 0.6) is 0 Å². The number of hydrogen-bond acceptors (Lipinski definition) is 4. The Labute approximate surface area is 112 Å². The summed E-state index contributed by atoms with van der Waals surface area (Å²) >= 11 is 1.66. The van der Waals surface area contributed by atoms with Crippen LogP contribution in [0, 0.1) is 0 Å². The SMILES string of the molecule is COC(=O)c1ccccc1SCC1CCC(C)O1. The number of methoxy groups -OCH3 is 1. The zero-order valence-electron chi connectivity index (χ0n) is 10.7. The van der Waals surface area contributed by atoms with Crippen LogP contribution in [0.3, 0.4) is 0 Å². The van der Waals surface area contributed by atoms with E-state index in [4.69, 9.17) is 9.47 Å². The predicted molar refractivity (Wildman–Crippen MR) is 72.1 cm³/mol. The third-order valence-corrected chi connectivity index (χ3v) is 4.24. The van der Waals surface area contributed by atoms with Crippen LogP contribution in [-0.4, -0.2) is 31.0 Å². The van der Waals surface area contributed by atoms with Gasteiger partial charge >= 0.3 is 5.97 Å². The molecule has 3 nitrogen and oxygen atoms in total. The molecule has 0 N–H and O–H groups in total. The Balaban J connectivity index is 1.98. The summed E-state index contributed by atoms with van der Waals surface area (Å²) in [6.07, 6.45) is 2.90. The molecule has 4 heteroatoms. The van der Waals surface area contributed by atoms with Crippen LogP contribution >= 0.6 is 11.8 Å². The fraction of sp³-hybridized carbons (Fsp3) is 0.500. The Morgan fingerprint density at radius 3 is 2.89 bits per heavy atom. The summed E-state index contributed by atoms with van der Waals surface area (Å²) < 4.78 is 10.6. The van der Waals surface area contributed by atoms with Crippen LogP contribution in [-0.2, 0) is 9.47 Å². The first kappa shape index (κ1) is 13.4.